The van der Waals surface area contributed by atoms with Crippen molar-refractivity contribution in [2.24, 2.45) is 11.8 Å². The summed E-state index contributed by atoms with van der Waals surface area (Å²) in [5.74, 6) is -0.742. The SMILES string of the molecule is CC(C)C(=O)C1=C(C=O)[C@@H]2CC[C@@](C)(O)[C@@H](O)[C@@H]2O1. The summed E-state index contributed by atoms with van der Waals surface area (Å²) in [6.45, 7) is 5.01. The highest BCUT2D eigenvalue weighted by atomic mass is 16.5. The zero-order valence-electron chi connectivity index (χ0n) is 11.4. The molecule has 1 fully saturated rings. The smallest absolute Gasteiger partial charge is 0.200 e. The van der Waals surface area contributed by atoms with Crippen molar-refractivity contribution in [2.75, 3.05) is 0 Å². The molecule has 5 heteroatoms. The third-order valence-electron chi connectivity index (χ3n) is 4.10. The number of allylic oxidation sites excluding steroid dienone is 1. The second kappa shape index (κ2) is 4.72. The van der Waals surface area contributed by atoms with E-state index in [1.807, 2.05) is 0 Å². The van der Waals surface area contributed by atoms with E-state index in [0.29, 0.717) is 24.7 Å². The summed E-state index contributed by atoms with van der Waals surface area (Å²) in [5.41, 5.74) is -0.913. The molecule has 5 nitrogen and oxygen atoms in total. The molecular formula is C14H20O5. The van der Waals surface area contributed by atoms with Gasteiger partial charge in [0.25, 0.3) is 0 Å². The van der Waals surface area contributed by atoms with Crippen molar-refractivity contribution >= 4 is 12.1 Å². The maximum atomic E-state index is 12.0. The molecule has 0 saturated heterocycles. The molecule has 0 aromatic rings. The summed E-state index contributed by atoms with van der Waals surface area (Å²) in [7, 11) is 0. The van der Waals surface area contributed by atoms with Gasteiger partial charge in [0, 0.05) is 17.4 Å². The van der Waals surface area contributed by atoms with Gasteiger partial charge >= 0.3 is 0 Å². The van der Waals surface area contributed by atoms with E-state index in [1.165, 1.54) is 0 Å². The standard InChI is InChI=1S/C14H20O5/c1-7(2)10(16)11-9(6-15)8-4-5-14(3,18)13(17)12(8)19-11/h6-8,12-13,17-18H,4-5H2,1-3H3/t8-,12+,13-,14+/m0/s1. The van der Waals surface area contributed by atoms with Gasteiger partial charge in [0.15, 0.2) is 11.5 Å². The molecule has 0 aromatic carbocycles. The average Bonchev–Trinajstić information content (AvgIpc) is 2.71. The molecule has 106 valence electrons. The van der Waals surface area contributed by atoms with Crippen LogP contribution in [0.15, 0.2) is 11.3 Å². The van der Waals surface area contributed by atoms with Crippen LogP contribution in [0.5, 0.6) is 0 Å². The Balaban J connectivity index is 2.33. The fourth-order valence-corrected chi connectivity index (χ4v) is 2.79. The van der Waals surface area contributed by atoms with E-state index in [1.54, 1.807) is 20.8 Å². The lowest BCUT2D eigenvalue weighted by Crippen LogP contribution is -2.53. The molecule has 0 spiro atoms. The summed E-state index contributed by atoms with van der Waals surface area (Å²) in [4.78, 5) is 23.3. The van der Waals surface area contributed by atoms with Crippen molar-refractivity contribution in [3.05, 3.63) is 11.3 Å². The van der Waals surface area contributed by atoms with Crippen LogP contribution in [0.25, 0.3) is 0 Å². The Morgan fingerprint density at radius 3 is 2.68 bits per heavy atom. The van der Waals surface area contributed by atoms with Gasteiger partial charge in [-0.25, -0.2) is 0 Å². The molecule has 0 bridgehead atoms. The highest BCUT2D eigenvalue weighted by molar-refractivity contribution is 6.00. The summed E-state index contributed by atoms with van der Waals surface area (Å²) in [5, 5.41) is 20.2. The predicted molar refractivity (Wildman–Crippen MR) is 67.2 cm³/mol. The minimum absolute atomic E-state index is 0.0664. The van der Waals surface area contributed by atoms with E-state index in [-0.39, 0.29) is 23.4 Å². The van der Waals surface area contributed by atoms with E-state index >= 15 is 0 Å². The van der Waals surface area contributed by atoms with Gasteiger partial charge < -0.3 is 14.9 Å². The first-order valence-corrected chi connectivity index (χ1v) is 6.60. The number of aliphatic hydroxyl groups is 2. The van der Waals surface area contributed by atoms with Gasteiger partial charge in [-0.3, -0.25) is 9.59 Å². The molecule has 4 atom stereocenters. The van der Waals surface area contributed by atoms with Crippen molar-refractivity contribution in [1.29, 1.82) is 0 Å². The molecule has 19 heavy (non-hydrogen) atoms. The van der Waals surface area contributed by atoms with Crippen LogP contribution in [-0.2, 0) is 14.3 Å². The van der Waals surface area contributed by atoms with Crippen LogP contribution in [0, 0.1) is 11.8 Å². The molecule has 1 aliphatic heterocycles. The topological polar surface area (TPSA) is 83.8 Å². The number of rotatable bonds is 3. The van der Waals surface area contributed by atoms with Crippen LogP contribution in [0.3, 0.4) is 0 Å². The zero-order valence-corrected chi connectivity index (χ0v) is 11.4. The Morgan fingerprint density at radius 2 is 2.16 bits per heavy atom. The molecule has 0 unspecified atom stereocenters. The summed E-state index contributed by atoms with van der Waals surface area (Å²) < 4.78 is 5.53. The Hall–Kier alpha value is -1.20. The maximum Gasteiger partial charge on any atom is 0.200 e. The van der Waals surface area contributed by atoms with Gasteiger partial charge in [-0.05, 0) is 19.8 Å². The van der Waals surface area contributed by atoms with Crippen molar-refractivity contribution in [3.63, 3.8) is 0 Å². The van der Waals surface area contributed by atoms with E-state index in [2.05, 4.69) is 0 Å². The van der Waals surface area contributed by atoms with Crippen molar-refractivity contribution < 1.29 is 24.5 Å². The summed E-state index contributed by atoms with van der Waals surface area (Å²) >= 11 is 0. The molecule has 2 rings (SSSR count). The number of Topliss-reactive ketones (excluding diaryl/α,β-unsaturated/α-hetero) is 1. The molecule has 0 radical (unpaired) electrons. The third-order valence-corrected chi connectivity index (χ3v) is 4.10. The minimum Gasteiger partial charge on any atom is -0.483 e. The number of carbonyl (C=O) groups is 2. The first-order chi connectivity index (χ1) is 8.79. The predicted octanol–water partition coefficient (Wildman–Crippen LogP) is 0.585. The van der Waals surface area contributed by atoms with Gasteiger partial charge in [-0.1, -0.05) is 13.8 Å². The molecule has 0 aromatic heterocycles. The zero-order chi connectivity index (χ0) is 14.4. The number of fused-ring (bicyclic) bond motifs is 1. The van der Waals surface area contributed by atoms with Crippen LogP contribution < -0.4 is 0 Å². The number of hydrogen-bond donors (Lipinski definition) is 2. The summed E-state index contributed by atoms with van der Waals surface area (Å²) in [6.07, 6.45) is -0.260. The van der Waals surface area contributed by atoms with Crippen LogP contribution in [0.4, 0.5) is 0 Å². The lowest BCUT2D eigenvalue weighted by Gasteiger charge is -2.40. The fourth-order valence-electron chi connectivity index (χ4n) is 2.79. The van der Waals surface area contributed by atoms with E-state index in [9.17, 15) is 19.8 Å². The number of aldehydes is 1. The number of carbonyl (C=O) groups excluding carboxylic acids is 2. The van der Waals surface area contributed by atoms with Gasteiger partial charge in [0.2, 0.25) is 0 Å². The Morgan fingerprint density at radius 1 is 1.53 bits per heavy atom. The van der Waals surface area contributed by atoms with Crippen molar-refractivity contribution in [3.8, 4) is 0 Å². The van der Waals surface area contributed by atoms with Crippen LogP contribution in [0.2, 0.25) is 0 Å². The second-order valence-corrected chi connectivity index (χ2v) is 5.95. The number of hydrogen-bond acceptors (Lipinski definition) is 5. The van der Waals surface area contributed by atoms with Crippen LogP contribution >= 0.6 is 0 Å². The monoisotopic (exact) mass is 268 g/mol. The van der Waals surface area contributed by atoms with Crippen molar-refractivity contribution in [1.82, 2.24) is 0 Å². The average molecular weight is 268 g/mol. The highest BCUT2D eigenvalue weighted by Gasteiger charge is 2.52. The quantitative estimate of drug-likeness (QED) is 0.732. The number of aliphatic hydroxyl groups excluding tert-OH is 1. The van der Waals surface area contributed by atoms with Gasteiger partial charge in [-0.15, -0.1) is 0 Å². The lowest BCUT2D eigenvalue weighted by molar-refractivity contribution is -0.155. The fraction of sp³-hybridized carbons (Fsp3) is 0.714. The normalized spacial score (nSPS) is 38.1. The third kappa shape index (κ3) is 2.21. The Labute approximate surface area is 112 Å². The van der Waals surface area contributed by atoms with E-state index in [0.717, 1.165) is 0 Å². The molecule has 1 saturated carbocycles. The largest absolute Gasteiger partial charge is 0.483 e. The Kier molecular flexibility index (Phi) is 3.53. The molecule has 2 aliphatic rings. The maximum absolute atomic E-state index is 12.0. The van der Waals surface area contributed by atoms with Gasteiger partial charge in [0.1, 0.15) is 18.5 Å². The van der Waals surface area contributed by atoms with Gasteiger partial charge in [-0.2, -0.15) is 0 Å². The van der Waals surface area contributed by atoms with E-state index < -0.39 is 17.8 Å². The molecule has 1 aliphatic carbocycles. The number of ether oxygens (including phenoxy) is 1. The van der Waals surface area contributed by atoms with E-state index in [4.69, 9.17) is 4.74 Å². The minimum atomic E-state index is -1.24. The van der Waals surface area contributed by atoms with Crippen LogP contribution in [0.1, 0.15) is 33.6 Å². The molecular weight excluding hydrogens is 248 g/mol. The molecule has 2 N–H and O–H groups in total. The Bertz CT molecular complexity index is 435. The highest BCUT2D eigenvalue weighted by Crippen LogP contribution is 2.44. The second-order valence-electron chi connectivity index (χ2n) is 5.95. The van der Waals surface area contributed by atoms with Gasteiger partial charge in [0.05, 0.1) is 5.60 Å². The van der Waals surface area contributed by atoms with Crippen molar-refractivity contribution in [2.45, 2.75) is 51.4 Å². The first kappa shape index (κ1) is 14.2. The number of ketones is 1. The first-order valence-electron chi connectivity index (χ1n) is 6.60. The summed E-state index contributed by atoms with van der Waals surface area (Å²) in [6, 6.07) is 0. The molecule has 1 heterocycles. The molecule has 0 amide bonds. The lowest BCUT2D eigenvalue weighted by atomic mass is 9.73. The van der Waals surface area contributed by atoms with Crippen LogP contribution in [-0.4, -0.2) is 40.1 Å².